The van der Waals surface area contributed by atoms with Crippen molar-refractivity contribution in [1.82, 2.24) is 4.90 Å². The van der Waals surface area contributed by atoms with Crippen molar-refractivity contribution in [3.05, 3.63) is 0 Å². The van der Waals surface area contributed by atoms with Crippen LogP contribution in [0.2, 0.25) is 0 Å². The zero-order chi connectivity index (χ0) is 12.9. The third kappa shape index (κ3) is 4.94. The van der Waals surface area contributed by atoms with Crippen molar-refractivity contribution < 1.29 is 9.53 Å². The summed E-state index contributed by atoms with van der Waals surface area (Å²) in [5.74, 6) is 0. The molecule has 4 nitrogen and oxygen atoms in total. The van der Waals surface area contributed by atoms with Crippen LogP contribution in [-0.2, 0) is 4.74 Å². The number of hydrogen-bond acceptors (Lipinski definition) is 3. The summed E-state index contributed by atoms with van der Waals surface area (Å²) in [5.41, 5.74) is 5.33. The van der Waals surface area contributed by atoms with Crippen LogP contribution in [-0.4, -0.2) is 35.7 Å². The molecule has 0 aromatic heterocycles. The first kappa shape index (κ1) is 14.3. The maximum Gasteiger partial charge on any atom is 0.410 e. The molecule has 4 heteroatoms. The van der Waals surface area contributed by atoms with Gasteiger partial charge >= 0.3 is 6.09 Å². The molecule has 1 amide bonds. The van der Waals surface area contributed by atoms with E-state index >= 15 is 0 Å². The summed E-state index contributed by atoms with van der Waals surface area (Å²) in [6.45, 7) is 6.99. The molecule has 1 fully saturated rings. The summed E-state index contributed by atoms with van der Waals surface area (Å²) < 4.78 is 5.44. The molecular weight excluding hydrogens is 216 g/mol. The van der Waals surface area contributed by atoms with Gasteiger partial charge in [-0.2, -0.15) is 0 Å². The predicted molar refractivity (Wildman–Crippen MR) is 68.9 cm³/mol. The normalized spacial score (nSPS) is 22.8. The molecule has 1 saturated heterocycles. The minimum absolute atomic E-state index is 0.144. The standard InChI is InChI=1S/C13H26N2O2/c1-13(2,3)17-12(16)15-9-7-5-4-6-8-11(15)10-14/h11H,4-10,14H2,1-3H3. The average Bonchev–Trinajstić information content (AvgIpc) is 2.14. The van der Waals surface area contributed by atoms with E-state index < -0.39 is 5.60 Å². The maximum atomic E-state index is 12.1. The monoisotopic (exact) mass is 242 g/mol. The number of ether oxygens (including phenoxy) is 1. The van der Waals surface area contributed by atoms with Crippen LogP contribution >= 0.6 is 0 Å². The molecular formula is C13H26N2O2. The van der Waals surface area contributed by atoms with E-state index in [1.807, 2.05) is 25.7 Å². The maximum absolute atomic E-state index is 12.1. The van der Waals surface area contributed by atoms with Crippen molar-refractivity contribution >= 4 is 6.09 Å². The molecule has 1 aliphatic rings. The van der Waals surface area contributed by atoms with E-state index in [4.69, 9.17) is 10.5 Å². The van der Waals surface area contributed by atoms with Crippen LogP contribution in [0.5, 0.6) is 0 Å². The number of hydrogen-bond donors (Lipinski definition) is 1. The first-order valence-electron chi connectivity index (χ1n) is 6.64. The van der Waals surface area contributed by atoms with Gasteiger partial charge in [0.05, 0.1) is 0 Å². The van der Waals surface area contributed by atoms with Gasteiger partial charge in [0.1, 0.15) is 5.60 Å². The summed E-state index contributed by atoms with van der Waals surface area (Å²) >= 11 is 0. The third-order valence-electron chi connectivity index (χ3n) is 3.03. The summed E-state index contributed by atoms with van der Waals surface area (Å²) in [4.78, 5) is 13.9. The molecule has 0 aliphatic carbocycles. The van der Waals surface area contributed by atoms with E-state index in [1.54, 1.807) is 0 Å². The molecule has 1 atom stereocenters. The zero-order valence-electron chi connectivity index (χ0n) is 11.4. The molecule has 100 valence electrons. The van der Waals surface area contributed by atoms with Crippen LogP contribution in [0.4, 0.5) is 4.79 Å². The Hall–Kier alpha value is -0.770. The summed E-state index contributed by atoms with van der Waals surface area (Å²) in [5, 5.41) is 0. The van der Waals surface area contributed by atoms with Gasteiger partial charge in [-0.05, 0) is 33.6 Å². The van der Waals surface area contributed by atoms with Crippen molar-refractivity contribution in [2.75, 3.05) is 13.1 Å². The molecule has 0 radical (unpaired) electrons. The lowest BCUT2D eigenvalue weighted by molar-refractivity contribution is 0.0142. The van der Waals surface area contributed by atoms with Crippen molar-refractivity contribution in [3.8, 4) is 0 Å². The largest absolute Gasteiger partial charge is 0.444 e. The van der Waals surface area contributed by atoms with Crippen LogP contribution in [0.15, 0.2) is 0 Å². The molecule has 1 aliphatic heterocycles. The Labute approximate surface area is 104 Å². The minimum atomic E-state index is -0.432. The number of rotatable bonds is 1. The predicted octanol–water partition coefficient (Wildman–Crippen LogP) is 2.51. The first-order valence-corrected chi connectivity index (χ1v) is 6.64. The van der Waals surface area contributed by atoms with Crippen LogP contribution < -0.4 is 5.73 Å². The molecule has 0 aromatic rings. The second kappa shape index (κ2) is 6.24. The van der Waals surface area contributed by atoms with Gasteiger partial charge < -0.3 is 15.4 Å². The number of nitrogens with two attached hydrogens (primary N) is 1. The Morgan fingerprint density at radius 3 is 2.53 bits per heavy atom. The van der Waals surface area contributed by atoms with E-state index in [1.165, 1.54) is 12.8 Å². The molecule has 0 aromatic carbocycles. The van der Waals surface area contributed by atoms with Gasteiger partial charge in [-0.25, -0.2) is 4.79 Å². The van der Waals surface area contributed by atoms with E-state index in [0.717, 1.165) is 25.8 Å². The second-order valence-electron chi connectivity index (χ2n) is 5.77. The molecule has 0 bridgehead atoms. The lowest BCUT2D eigenvalue weighted by Crippen LogP contribution is -2.47. The highest BCUT2D eigenvalue weighted by Crippen LogP contribution is 2.19. The first-order chi connectivity index (χ1) is 7.94. The zero-order valence-corrected chi connectivity index (χ0v) is 11.4. The SMILES string of the molecule is CC(C)(C)OC(=O)N1CCCCCCC1CN. The fourth-order valence-electron chi connectivity index (χ4n) is 2.16. The van der Waals surface area contributed by atoms with Gasteiger partial charge in [-0.1, -0.05) is 19.3 Å². The van der Waals surface area contributed by atoms with Gasteiger partial charge in [0.15, 0.2) is 0 Å². The molecule has 1 rings (SSSR count). The van der Waals surface area contributed by atoms with Gasteiger partial charge in [-0.15, -0.1) is 0 Å². The van der Waals surface area contributed by atoms with Crippen molar-refractivity contribution in [2.24, 2.45) is 5.73 Å². The van der Waals surface area contributed by atoms with E-state index in [9.17, 15) is 4.79 Å². The highest BCUT2D eigenvalue weighted by Gasteiger charge is 2.27. The van der Waals surface area contributed by atoms with Crippen molar-refractivity contribution in [2.45, 2.75) is 64.5 Å². The van der Waals surface area contributed by atoms with Gasteiger partial charge in [0.2, 0.25) is 0 Å². The molecule has 1 unspecified atom stereocenters. The van der Waals surface area contributed by atoms with E-state index in [-0.39, 0.29) is 12.1 Å². The average molecular weight is 242 g/mol. The Morgan fingerprint density at radius 1 is 1.29 bits per heavy atom. The number of nitrogens with zero attached hydrogens (tertiary/aromatic N) is 1. The molecule has 0 saturated carbocycles. The van der Waals surface area contributed by atoms with Crippen LogP contribution in [0.25, 0.3) is 0 Å². The van der Waals surface area contributed by atoms with Crippen LogP contribution in [0.1, 0.15) is 52.9 Å². The number of carbonyl (C=O) groups is 1. The lowest BCUT2D eigenvalue weighted by Gasteiger charge is -2.34. The fraction of sp³-hybridized carbons (Fsp3) is 0.923. The number of carbonyl (C=O) groups excluding carboxylic acids is 1. The highest BCUT2D eigenvalue weighted by molar-refractivity contribution is 5.68. The Balaban J connectivity index is 2.64. The molecule has 0 spiro atoms. The van der Waals surface area contributed by atoms with E-state index in [2.05, 4.69) is 0 Å². The Morgan fingerprint density at radius 2 is 1.94 bits per heavy atom. The Bertz CT molecular complexity index is 248. The minimum Gasteiger partial charge on any atom is -0.444 e. The Kier molecular flexibility index (Phi) is 5.25. The lowest BCUT2D eigenvalue weighted by atomic mass is 10.0. The highest BCUT2D eigenvalue weighted by atomic mass is 16.6. The molecule has 1 heterocycles. The molecule has 17 heavy (non-hydrogen) atoms. The summed E-state index contributed by atoms with van der Waals surface area (Å²) in [7, 11) is 0. The fourth-order valence-corrected chi connectivity index (χ4v) is 2.16. The van der Waals surface area contributed by atoms with Gasteiger partial charge in [0, 0.05) is 19.1 Å². The topological polar surface area (TPSA) is 55.6 Å². The van der Waals surface area contributed by atoms with Gasteiger partial charge in [-0.3, -0.25) is 0 Å². The van der Waals surface area contributed by atoms with Crippen LogP contribution in [0, 0.1) is 0 Å². The van der Waals surface area contributed by atoms with Crippen molar-refractivity contribution in [1.29, 1.82) is 0 Å². The summed E-state index contributed by atoms with van der Waals surface area (Å²) in [6, 6.07) is 0.144. The molecule has 2 N–H and O–H groups in total. The number of likely N-dealkylation sites (tertiary alicyclic amines) is 1. The second-order valence-corrected chi connectivity index (χ2v) is 5.77. The third-order valence-corrected chi connectivity index (χ3v) is 3.03. The van der Waals surface area contributed by atoms with Crippen LogP contribution in [0.3, 0.4) is 0 Å². The summed E-state index contributed by atoms with van der Waals surface area (Å²) in [6.07, 6.45) is 5.43. The quantitative estimate of drug-likeness (QED) is 0.768. The number of amides is 1. The van der Waals surface area contributed by atoms with E-state index in [0.29, 0.717) is 6.54 Å². The van der Waals surface area contributed by atoms with Crippen molar-refractivity contribution in [3.63, 3.8) is 0 Å². The van der Waals surface area contributed by atoms with Gasteiger partial charge in [0.25, 0.3) is 0 Å². The smallest absolute Gasteiger partial charge is 0.410 e.